The molecule has 0 saturated carbocycles. The summed E-state index contributed by atoms with van der Waals surface area (Å²) >= 11 is 0. The van der Waals surface area contributed by atoms with Crippen LogP contribution in [0.3, 0.4) is 0 Å². The van der Waals surface area contributed by atoms with Gasteiger partial charge in [-0.15, -0.1) is 0 Å². The summed E-state index contributed by atoms with van der Waals surface area (Å²) in [5.74, 6) is -0.886. The van der Waals surface area contributed by atoms with Crippen LogP contribution in [0.1, 0.15) is 24.0 Å². The Morgan fingerprint density at radius 2 is 1.91 bits per heavy atom. The Kier molecular flexibility index (Phi) is 3.55. The van der Waals surface area contributed by atoms with Crippen LogP contribution in [0.15, 0.2) is 58.7 Å². The van der Waals surface area contributed by atoms with Crippen LogP contribution in [-0.4, -0.2) is 18.1 Å². The summed E-state index contributed by atoms with van der Waals surface area (Å²) in [6.45, 7) is 1.81. The molecular formula is C17H16N2O3. The second-order valence-electron chi connectivity index (χ2n) is 5.13. The third kappa shape index (κ3) is 2.20. The fraction of sp³-hybridized carbons (Fsp3) is 0.176. The summed E-state index contributed by atoms with van der Waals surface area (Å²) < 4.78 is 4.92. The third-order valence-electron chi connectivity index (χ3n) is 3.84. The zero-order valence-electron chi connectivity index (χ0n) is 12.3. The molecule has 0 saturated heterocycles. The van der Waals surface area contributed by atoms with E-state index in [0.717, 1.165) is 5.56 Å². The molecule has 1 aliphatic rings. The van der Waals surface area contributed by atoms with Gasteiger partial charge in [-0.3, -0.25) is 4.79 Å². The van der Waals surface area contributed by atoms with E-state index >= 15 is 0 Å². The lowest BCUT2D eigenvalue weighted by molar-refractivity contribution is -0.136. The number of carbonyl (C=O) groups excluding carboxylic acids is 1. The molecule has 1 unspecified atom stereocenters. The summed E-state index contributed by atoms with van der Waals surface area (Å²) in [7, 11) is 1.34. The monoisotopic (exact) mass is 296 g/mol. The van der Waals surface area contributed by atoms with Crippen molar-refractivity contribution < 1.29 is 9.53 Å². The van der Waals surface area contributed by atoms with Gasteiger partial charge >= 0.3 is 5.97 Å². The molecule has 0 fully saturated rings. The van der Waals surface area contributed by atoms with Crippen molar-refractivity contribution >= 4 is 11.7 Å². The lowest BCUT2D eigenvalue weighted by atomic mass is 9.81. The molecule has 5 nitrogen and oxygen atoms in total. The van der Waals surface area contributed by atoms with Gasteiger partial charge in [0, 0.05) is 17.6 Å². The van der Waals surface area contributed by atoms with E-state index in [-0.39, 0.29) is 5.56 Å². The molecule has 0 bridgehead atoms. The number of hydrogen-bond donors (Lipinski definition) is 2. The number of rotatable bonds is 2. The average molecular weight is 296 g/mol. The molecule has 2 aromatic rings. The van der Waals surface area contributed by atoms with Gasteiger partial charge in [0.2, 0.25) is 0 Å². The first kappa shape index (κ1) is 14.1. The highest BCUT2D eigenvalue weighted by Gasteiger charge is 2.34. The van der Waals surface area contributed by atoms with E-state index in [0.29, 0.717) is 22.5 Å². The summed E-state index contributed by atoms with van der Waals surface area (Å²) in [4.78, 5) is 27.3. The zero-order chi connectivity index (χ0) is 15.7. The van der Waals surface area contributed by atoms with Crippen LogP contribution in [-0.2, 0) is 9.53 Å². The molecule has 0 amide bonds. The minimum atomic E-state index is -0.449. The number of hydrogen-bond acceptors (Lipinski definition) is 4. The maximum Gasteiger partial charge on any atom is 0.336 e. The molecule has 2 heterocycles. The quantitative estimate of drug-likeness (QED) is 0.835. The van der Waals surface area contributed by atoms with Crippen molar-refractivity contribution in [2.24, 2.45) is 0 Å². The molecule has 1 aromatic heterocycles. The summed E-state index contributed by atoms with van der Waals surface area (Å²) in [5, 5.41) is 3.12. The highest BCUT2D eigenvalue weighted by Crippen LogP contribution is 2.39. The summed E-state index contributed by atoms with van der Waals surface area (Å²) in [6.07, 6.45) is 1.59. The zero-order valence-corrected chi connectivity index (χ0v) is 12.3. The number of anilines is 1. The van der Waals surface area contributed by atoms with Crippen LogP contribution in [0, 0.1) is 0 Å². The van der Waals surface area contributed by atoms with Crippen molar-refractivity contribution in [3.63, 3.8) is 0 Å². The number of aromatic amines is 1. The lowest BCUT2D eigenvalue weighted by Crippen LogP contribution is -2.29. The molecule has 22 heavy (non-hydrogen) atoms. The van der Waals surface area contributed by atoms with Gasteiger partial charge in [0.05, 0.1) is 24.2 Å². The molecule has 0 aliphatic carbocycles. The van der Waals surface area contributed by atoms with E-state index in [1.807, 2.05) is 37.3 Å². The number of nitrogens with one attached hydrogen (secondary N) is 2. The van der Waals surface area contributed by atoms with Gasteiger partial charge in [-0.2, -0.15) is 0 Å². The number of allylic oxidation sites excluding steroid dienone is 1. The minimum Gasteiger partial charge on any atom is -0.466 e. The number of aromatic nitrogens is 1. The molecule has 1 aliphatic heterocycles. The third-order valence-corrected chi connectivity index (χ3v) is 3.84. The normalized spacial score (nSPS) is 16.7. The Labute approximate surface area is 127 Å². The first-order valence-corrected chi connectivity index (χ1v) is 6.96. The van der Waals surface area contributed by atoms with Crippen molar-refractivity contribution in [2.75, 3.05) is 12.4 Å². The maximum atomic E-state index is 12.3. The first-order valence-electron chi connectivity index (χ1n) is 6.96. The predicted octanol–water partition coefficient (Wildman–Crippen LogP) is 2.38. The number of pyridine rings is 1. The molecule has 1 aromatic carbocycles. The molecule has 0 radical (unpaired) electrons. The van der Waals surface area contributed by atoms with Crippen molar-refractivity contribution in [1.82, 2.24) is 4.98 Å². The number of H-pyrrole nitrogens is 1. The van der Waals surface area contributed by atoms with Crippen LogP contribution in [0.25, 0.3) is 0 Å². The molecule has 1 atom stereocenters. The number of fused-ring (bicyclic) bond motifs is 1. The second kappa shape index (κ2) is 5.52. The number of esters is 1. The molecule has 0 spiro atoms. The molecule has 5 heteroatoms. The van der Waals surface area contributed by atoms with Gasteiger partial charge in [-0.25, -0.2) is 4.79 Å². The lowest BCUT2D eigenvalue weighted by Gasteiger charge is -2.28. The van der Waals surface area contributed by atoms with Crippen LogP contribution >= 0.6 is 0 Å². The Morgan fingerprint density at radius 3 is 2.59 bits per heavy atom. The fourth-order valence-electron chi connectivity index (χ4n) is 2.88. The van der Waals surface area contributed by atoms with E-state index in [1.54, 1.807) is 12.3 Å². The van der Waals surface area contributed by atoms with Crippen LogP contribution in [0.4, 0.5) is 5.69 Å². The van der Waals surface area contributed by atoms with Gasteiger partial charge in [-0.05, 0) is 18.6 Å². The molecule has 112 valence electrons. The van der Waals surface area contributed by atoms with Crippen LogP contribution in [0.5, 0.6) is 0 Å². The van der Waals surface area contributed by atoms with E-state index in [4.69, 9.17) is 4.74 Å². The number of benzene rings is 1. The predicted molar refractivity (Wildman–Crippen MR) is 83.7 cm³/mol. The molecule has 3 rings (SSSR count). The Balaban J connectivity index is 2.29. The largest absolute Gasteiger partial charge is 0.466 e. The van der Waals surface area contributed by atoms with Gasteiger partial charge in [-0.1, -0.05) is 30.3 Å². The smallest absolute Gasteiger partial charge is 0.336 e. The summed E-state index contributed by atoms with van der Waals surface area (Å²) in [5.41, 5.74) is 3.05. The van der Waals surface area contributed by atoms with Gasteiger partial charge in [0.1, 0.15) is 0 Å². The fourth-order valence-corrected chi connectivity index (χ4v) is 2.88. The van der Waals surface area contributed by atoms with Crippen molar-refractivity contribution in [3.8, 4) is 0 Å². The first-order chi connectivity index (χ1) is 10.6. The number of carbonyl (C=O) groups is 1. The average Bonchev–Trinajstić information content (AvgIpc) is 2.54. The Hall–Kier alpha value is -2.82. The second-order valence-corrected chi connectivity index (χ2v) is 5.13. The van der Waals surface area contributed by atoms with E-state index in [2.05, 4.69) is 10.3 Å². The number of ether oxygens (including phenoxy) is 1. The van der Waals surface area contributed by atoms with Crippen LogP contribution in [0.2, 0.25) is 0 Å². The minimum absolute atomic E-state index is 0.215. The topological polar surface area (TPSA) is 71.2 Å². The highest BCUT2D eigenvalue weighted by atomic mass is 16.5. The molecular weight excluding hydrogens is 280 g/mol. The van der Waals surface area contributed by atoms with Crippen LogP contribution < -0.4 is 10.9 Å². The Bertz CT molecular complexity index is 806. The van der Waals surface area contributed by atoms with E-state index in [1.165, 1.54) is 7.11 Å². The van der Waals surface area contributed by atoms with Gasteiger partial charge < -0.3 is 15.0 Å². The van der Waals surface area contributed by atoms with Gasteiger partial charge in [0.25, 0.3) is 5.56 Å². The van der Waals surface area contributed by atoms with E-state index < -0.39 is 11.9 Å². The maximum absolute atomic E-state index is 12.3. The SMILES string of the molecule is COC(=O)C1=C(C)Nc2cc[nH]c(=O)c2C1c1ccccc1. The summed E-state index contributed by atoms with van der Waals surface area (Å²) in [6, 6.07) is 11.3. The number of methoxy groups -OCH3 is 1. The van der Waals surface area contributed by atoms with Crippen molar-refractivity contribution in [3.05, 3.63) is 75.3 Å². The molecule has 2 N–H and O–H groups in total. The van der Waals surface area contributed by atoms with Gasteiger partial charge in [0.15, 0.2) is 0 Å². The van der Waals surface area contributed by atoms with E-state index in [9.17, 15) is 9.59 Å². The standard InChI is InChI=1S/C17H16N2O3/c1-10-13(17(21)22-2)14(11-6-4-3-5-7-11)15-12(19-10)8-9-18-16(15)20/h3-9,14,19H,1-2H3,(H,18,20). The van der Waals surface area contributed by atoms with Crippen molar-refractivity contribution in [1.29, 1.82) is 0 Å². The highest BCUT2D eigenvalue weighted by molar-refractivity contribution is 5.94. The Morgan fingerprint density at radius 1 is 1.18 bits per heavy atom. The van der Waals surface area contributed by atoms with Crippen molar-refractivity contribution in [2.45, 2.75) is 12.8 Å².